The summed E-state index contributed by atoms with van der Waals surface area (Å²) in [5, 5.41) is 2.63. The van der Waals surface area contributed by atoms with Gasteiger partial charge in [-0.05, 0) is 42.0 Å². The van der Waals surface area contributed by atoms with E-state index in [0.29, 0.717) is 11.4 Å². The summed E-state index contributed by atoms with van der Waals surface area (Å²) in [5.74, 6) is -0.875. The summed E-state index contributed by atoms with van der Waals surface area (Å²) in [6, 6.07) is 21.4. The van der Waals surface area contributed by atoms with Crippen LogP contribution in [-0.4, -0.2) is 17.8 Å². The van der Waals surface area contributed by atoms with Crippen molar-refractivity contribution >= 4 is 34.9 Å². The monoisotopic (exact) mass is 343 g/mol. The highest BCUT2D eigenvalue weighted by Crippen LogP contribution is 2.28. The number of nitrogens with zero attached hydrogens (tertiary/aromatic N) is 2. The van der Waals surface area contributed by atoms with Crippen LogP contribution in [0.25, 0.3) is 0 Å². The van der Waals surface area contributed by atoms with Crippen molar-refractivity contribution in [1.82, 2.24) is 0 Å². The fourth-order valence-electron chi connectivity index (χ4n) is 2.70. The number of fused-ring (bicyclic) bond motifs is 1. The summed E-state index contributed by atoms with van der Waals surface area (Å²) < 4.78 is 14.1. The fraction of sp³-hybridized carbons (Fsp3) is 0. The Morgan fingerprint density at radius 1 is 0.846 bits per heavy atom. The summed E-state index contributed by atoms with van der Waals surface area (Å²) in [4.78, 5) is 20.8. The molecule has 0 bridgehead atoms. The number of carbonyl (C=O) groups is 1. The van der Waals surface area contributed by atoms with Gasteiger partial charge < -0.3 is 5.32 Å². The summed E-state index contributed by atoms with van der Waals surface area (Å²) in [6.07, 6.45) is 1.77. The third-order valence-electron chi connectivity index (χ3n) is 3.97. The number of amides is 1. The van der Waals surface area contributed by atoms with Gasteiger partial charge in [-0.15, -0.1) is 0 Å². The van der Waals surface area contributed by atoms with E-state index in [0.717, 1.165) is 11.3 Å². The van der Waals surface area contributed by atoms with Crippen LogP contribution in [-0.2, 0) is 4.79 Å². The molecule has 3 aromatic carbocycles. The smallest absolute Gasteiger partial charge is 0.275 e. The average Bonchev–Trinajstić information content (AvgIpc) is 2.99. The zero-order valence-corrected chi connectivity index (χ0v) is 13.7. The molecule has 5 heteroatoms. The van der Waals surface area contributed by atoms with E-state index in [1.54, 1.807) is 42.6 Å². The number of anilines is 1. The molecule has 0 radical (unpaired) electrons. The molecule has 126 valence electrons. The van der Waals surface area contributed by atoms with Gasteiger partial charge in [0.25, 0.3) is 5.91 Å². The summed E-state index contributed by atoms with van der Waals surface area (Å²) in [6.45, 7) is 0. The first-order valence-electron chi connectivity index (χ1n) is 8.09. The first-order chi connectivity index (χ1) is 12.7. The first kappa shape index (κ1) is 15.9. The fourth-order valence-corrected chi connectivity index (χ4v) is 2.70. The lowest BCUT2D eigenvalue weighted by Gasteiger charge is -2.00. The van der Waals surface area contributed by atoms with Crippen LogP contribution < -0.4 is 5.32 Å². The molecule has 0 unspecified atom stereocenters. The maximum absolute atomic E-state index is 14.1. The van der Waals surface area contributed by atoms with Crippen molar-refractivity contribution < 1.29 is 9.18 Å². The van der Waals surface area contributed by atoms with Gasteiger partial charge in [0.2, 0.25) is 0 Å². The Morgan fingerprint density at radius 2 is 1.58 bits per heavy atom. The molecule has 1 aliphatic rings. The van der Waals surface area contributed by atoms with Crippen molar-refractivity contribution in [3.63, 3.8) is 0 Å². The Labute approximate surface area is 149 Å². The second-order valence-electron chi connectivity index (χ2n) is 5.76. The molecule has 0 spiro atoms. The molecule has 4 nitrogen and oxygen atoms in total. The number of hydrogen-bond donors (Lipinski definition) is 1. The molecular weight excluding hydrogens is 329 g/mol. The van der Waals surface area contributed by atoms with E-state index in [2.05, 4.69) is 15.3 Å². The zero-order valence-electron chi connectivity index (χ0n) is 13.7. The van der Waals surface area contributed by atoms with Gasteiger partial charge in [0.1, 0.15) is 11.5 Å². The highest BCUT2D eigenvalue weighted by atomic mass is 19.1. The van der Waals surface area contributed by atoms with Gasteiger partial charge in [-0.2, -0.15) is 0 Å². The van der Waals surface area contributed by atoms with Gasteiger partial charge >= 0.3 is 0 Å². The normalized spacial score (nSPS) is 14.7. The minimum absolute atomic E-state index is 0.0821. The van der Waals surface area contributed by atoms with E-state index in [1.165, 1.54) is 6.07 Å². The molecule has 0 saturated heterocycles. The lowest BCUT2D eigenvalue weighted by molar-refractivity contribution is -0.110. The molecule has 26 heavy (non-hydrogen) atoms. The second kappa shape index (κ2) is 6.72. The molecular formula is C21H14FN3O. The van der Waals surface area contributed by atoms with Crippen LogP contribution in [0.3, 0.4) is 0 Å². The van der Waals surface area contributed by atoms with Crippen molar-refractivity contribution in [2.75, 3.05) is 5.32 Å². The van der Waals surface area contributed by atoms with Gasteiger partial charge in [0.15, 0.2) is 0 Å². The van der Waals surface area contributed by atoms with Crippen molar-refractivity contribution in [2.45, 2.75) is 0 Å². The van der Waals surface area contributed by atoms with Crippen LogP contribution >= 0.6 is 0 Å². The van der Waals surface area contributed by atoms with Crippen molar-refractivity contribution in [3.8, 4) is 0 Å². The quantitative estimate of drug-likeness (QED) is 0.692. The number of halogens is 1. The topological polar surface area (TPSA) is 53.8 Å². The summed E-state index contributed by atoms with van der Waals surface area (Å²) >= 11 is 0. The van der Waals surface area contributed by atoms with Crippen LogP contribution in [0.4, 0.5) is 21.5 Å². The number of aliphatic imine (C=N–C) groups is 2. The lowest BCUT2D eigenvalue weighted by Crippen LogP contribution is -2.14. The van der Waals surface area contributed by atoms with E-state index in [4.69, 9.17) is 0 Å². The standard InChI is InChI=1S/C21H14FN3O/c22-17-7-4-8-18-19(17)20(21(26)25-18)24-16-11-9-15(10-12-16)23-13-14-5-2-1-3-6-14/h1-13H,(H,24,25,26). The Bertz CT molecular complexity index is 1020. The average molecular weight is 343 g/mol. The van der Waals surface area contributed by atoms with Crippen LogP contribution in [0, 0.1) is 5.82 Å². The zero-order chi connectivity index (χ0) is 17.9. The minimum Gasteiger partial charge on any atom is -0.320 e. The van der Waals surface area contributed by atoms with E-state index < -0.39 is 11.7 Å². The van der Waals surface area contributed by atoms with Crippen LogP contribution in [0.1, 0.15) is 11.1 Å². The number of rotatable bonds is 3. The molecule has 1 amide bonds. The van der Waals surface area contributed by atoms with Crippen molar-refractivity contribution in [2.24, 2.45) is 9.98 Å². The van der Waals surface area contributed by atoms with Crippen molar-refractivity contribution in [3.05, 3.63) is 89.7 Å². The maximum Gasteiger partial charge on any atom is 0.275 e. The Balaban J connectivity index is 1.60. The maximum atomic E-state index is 14.1. The molecule has 1 N–H and O–H groups in total. The molecule has 0 saturated carbocycles. The van der Waals surface area contributed by atoms with E-state index in [1.807, 2.05) is 30.3 Å². The van der Waals surface area contributed by atoms with Crippen molar-refractivity contribution in [1.29, 1.82) is 0 Å². The molecule has 4 rings (SSSR count). The molecule has 1 aliphatic heterocycles. The Kier molecular flexibility index (Phi) is 4.11. The van der Waals surface area contributed by atoms with Gasteiger partial charge in [0, 0.05) is 6.21 Å². The molecule has 0 aromatic heterocycles. The summed E-state index contributed by atoms with van der Waals surface area (Å²) in [7, 11) is 0. The highest BCUT2D eigenvalue weighted by Gasteiger charge is 2.28. The minimum atomic E-state index is -0.469. The Morgan fingerprint density at radius 3 is 2.35 bits per heavy atom. The molecule has 0 fully saturated rings. The largest absolute Gasteiger partial charge is 0.320 e. The van der Waals surface area contributed by atoms with Crippen LogP contribution in [0.2, 0.25) is 0 Å². The van der Waals surface area contributed by atoms with E-state index in [9.17, 15) is 9.18 Å². The van der Waals surface area contributed by atoms with E-state index >= 15 is 0 Å². The van der Waals surface area contributed by atoms with E-state index in [-0.39, 0.29) is 11.3 Å². The van der Waals surface area contributed by atoms with Gasteiger partial charge in [0.05, 0.1) is 22.6 Å². The predicted octanol–water partition coefficient (Wildman–Crippen LogP) is 4.65. The molecule has 1 heterocycles. The lowest BCUT2D eigenvalue weighted by atomic mass is 10.1. The first-order valence-corrected chi connectivity index (χ1v) is 8.09. The highest BCUT2D eigenvalue weighted by molar-refractivity contribution is 6.54. The van der Waals surface area contributed by atoms with Crippen LogP contribution in [0.5, 0.6) is 0 Å². The molecule has 0 atom stereocenters. The third-order valence-corrected chi connectivity index (χ3v) is 3.97. The third kappa shape index (κ3) is 3.15. The second-order valence-corrected chi connectivity index (χ2v) is 5.76. The predicted molar refractivity (Wildman–Crippen MR) is 101 cm³/mol. The molecule has 3 aromatic rings. The molecule has 0 aliphatic carbocycles. The SMILES string of the molecule is O=C1Nc2cccc(F)c2C1=Nc1ccc(N=Cc2ccccc2)cc1. The number of benzene rings is 3. The summed E-state index contributed by atoms with van der Waals surface area (Å²) in [5.41, 5.74) is 3.07. The van der Waals surface area contributed by atoms with Gasteiger partial charge in [-0.1, -0.05) is 36.4 Å². The number of hydrogen-bond acceptors (Lipinski definition) is 3. The number of nitrogens with one attached hydrogen (secondary N) is 1. The van der Waals surface area contributed by atoms with Gasteiger partial charge in [-0.25, -0.2) is 9.38 Å². The Hall–Kier alpha value is -3.60. The van der Waals surface area contributed by atoms with Gasteiger partial charge in [-0.3, -0.25) is 9.79 Å². The number of carbonyl (C=O) groups excluding carboxylic acids is 1. The van der Waals surface area contributed by atoms with Crippen LogP contribution in [0.15, 0.2) is 82.8 Å².